The van der Waals surface area contributed by atoms with Gasteiger partial charge in [-0.1, -0.05) is 88.7 Å². The van der Waals surface area contributed by atoms with Crippen LogP contribution in [0.5, 0.6) is 57.5 Å². The summed E-state index contributed by atoms with van der Waals surface area (Å²) in [6.07, 6.45) is 0. The molecule has 0 aliphatic heterocycles. The zero-order valence-electron chi connectivity index (χ0n) is 64.8. The number of carbonyl (C=O) groups excluding carboxylic acids is 5. The molecule has 0 heterocycles. The van der Waals surface area contributed by atoms with Crippen LogP contribution in [0.4, 0.5) is 0 Å². The van der Waals surface area contributed by atoms with Crippen molar-refractivity contribution >= 4 is 51.7 Å². The summed E-state index contributed by atoms with van der Waals surface area (Å²) in [5, 5.41) is 55.6. The quantitative estimate of drug-likeness (QED) is 0.0121. The van der Waals surface area contributed by atoms with E-state index in [4.69, 9.17) is 48.5 Å². The van der Waals surface area contributed by atoms with Crippen LogP contribution in [0.1, 0.15) is 123 Å². The average molecular weight is 1620 g/mol. The molecule has 594 valence electrons. The van der Waals surface area contributed by atoms with Crippen LogP contribution < -0.4 is 42.5 Å². The van der Waals surface area contributed by atoms with Crippen molar-refractivity contribution in [3.05, 3.63) is 331 Å². The minimum Gasteiger partial charge on any atom is -0.870 e. The summed E-state index contributed by atoms with van der Waals surface area (Å²) in [5.41, 5.74) is 12.1. The van der Waals surface area contributed by atoms with E-state index < -0.39 is 5.97 Å². The molecule has 0 bridgehead atoms. The Kier molecular flexibility index (Phi) is 41.4. The number of hydrogen-bond donors (Lipinski definition) is 6. The molecular weight excluding hydrogens is 1530 g/mol. The Hall–Kier alpha value is -12.8. The maximum Gasteiger partial charge on any atom is 1.00 e. The Balaban J connectivity index is 0.000000365. The molecule has 11 rings (SSSR count). The Morgan fingerprint density at radius 3 is 0.816 bits per heavy atom. The van der Waals surface area contributed by atoms with Crippen LogP contribution >= 0.6 is 15.9 Å². The number of phenolic OH excluding ortho intramolecular Hbond substituents is 5. The van der Waals surface area contributed by atoms with Gasteiger partial charge in [0.1, 0.15) is 90.5 Å². The number of aromatic carboxylic acids is 1. The molecular formula is C88H90BrLiO24. The predicted molar refractivity (Wildman–Crippen MR) is 426 cm³/mol. The molecule has 0 atom stereocenters. The Bertz CT molecular complexity index is 4950. The minimum atomic E-state index is -0.956. The zero-order chi connectivity index (χ0) is 80.9. The first kappa shape index (κ1) is 95.4. The number of ether oxygens (including phenoxy) is 10. The standard InChI is InChI=1S/C25H24O6.2C16H16O4.C15H14O4.C9H9BrO2.C7H8O2.Li.2H2O/c1-17-12-22(30-15-18-6-4-8-20(13-18)24(26)28-2)10-11-23(17)31-16-19-7-5-9-21(14-19)25(27)29-3;1-11-8-14(6-7-15(11)17)20-10-12-4-3-5-13(9-12)16(18)19-2;1-11-8-14(17)6-7-15(11)20-10-12-4-3-5-13(9-12)16(18)19-2;1-10-7-13(5-6-14(10)16)19-9-11-3-2-4-12(8-11)15(17)18;1-12-9(11)8-4-2-3-7(5-8)6-10;1-5-4-6(8)2-3-7(5)9;;;/h4-14H,15-16H2,1-3H3;2*3-9,17H,10H2,1-2H3;2-8,16H,9H2,1H3,(H,17,18);2-5H,6H2,1H3;2-4,8-9H,1H3;;2*1H2/q;;;;;;+1;;/p-1. The van der Waals surface area contributed by atoms with E-state index in [0.29, 0.717) is 82.8 Å². The van der Waals surface area contributed by atoms with Crippen molar-refractivity contribution in [1.82, 2.24) is 0 Å². The third kappa shape index (κ3) is 31.9. The molecule has 0 spiro atoms. The van der Waals surface area contributed by atoms with Gasteiger partial charge in [0.25, 0.3) is 0 Å². The first-order valence-corrected chi connectivity index (χ1v) is 35.2. The summed E-state index contributed by atoms with van der Waals surface area (Å²) in [6.45, 7) is 10.7. The Labute approximate surface area is 681 Å². The van der Waals surface area contributed by atoms with Crippen molar-refractivity contribution in [2.45, 2.75) is 73.0 Å². The van der Waals surface area contributed by atoms with Gasteiger partial charge < -0.3 is 89.0 Å². The van der Waals surface area contributed by atoms with Gasteiger partial charge in [0.05, 0.1) is 68.9 Å². The third-order valence-corrected chi connectivity index (χ3v) is 16.5. The van der Waals surface area contributed by atoms with Crippen molar-refractivity contribution < 1.29 is 137 Å². The third-order valence-electron chi connectivity index (χ3n) is 15.9. The predicted octanol–water partition coefficient (Wildman–Crippen LogP) is 13.6. The Morgan fingerprint density at radius 2 is 0.535 bits per heavy atom. The summed E-state index contributed by atoms with van der Waals surface area (Å²) in [5.74, 6) is 1.76. The van der Waals surface area contributed by atoms with Gasteiger partial charge in [-0.05, 0) is 260 Å². The van der Waals surface area contributed by atoms with E-state index in [-0.39, 0.29) is 101 Å². The number of aromatic hydroxyl groups is 5. The maximum absolute atomic E-state index is 11.7. The second-order valence-electron chi connectivity index (χ2n) is 24.3. The number of phenols is 5. The van der Waals surface area contributed by atoms with Crippen LogP contribution in [0.2, 0.25) is 0 Å². The van der Waals surface area contributed by atoms with Crippen LogP contribution in [-0.4, -0.2) is 113 Å². The van der Waals surface area contributed by atoms with Crippen molar-refractivity contribution in [2.24, 2.45) is 0 Å². The monoisotopic (exact) mass is 1620 g/mol. The minimum absolute atomic E-state index is 0. The molecule has 0 aromatic heterocycles. The van der Waals surface area contributed by atoms with Crippen molar-refractivity contribution in [1.29, 1.82) is 0 Å². The number of esters is 5. The van der Waals surface area contributed by atoms with E-state index in [2.05, 4.69) is 30.1 Å². The first-order valence-electron chi connectivity index (χ1n) is 34.1. The molecule has 0 unspecified atom stereocenters. The summed E-state index contributed by atoms with van der Waals surface area (Å²) in [6, 6.07) is 67.3. The van der Waals surface area contributed by atoms with Gasteiger partial charge in [-0.2, -0.15) is 0 Å². The van der Waals surface area contributed by atoms with Crippen molar-refractivity contribution in [2.75, 3.05) is 35.5 Å². The van der Waals surface area contributed by atoms with Crippen molar-refractivity contribution in [3.63, 3.8) is 0 Å². The Morgan fingerprint density at radius 1 is 0.298 bits per heavy atom. The number of alkyl halides is 1. The number of carbonyl (C=O) groups is 6. The zero-order valence-corrected chi connectivity index (χ0v) is 66.4. The maximum atomic E-state index is 11.7. The molecule has 0 saturated carbocycles. The molecule has 26 heteroatoms. The van der Waals surface area contributed by atoms with Crippen LogP contribution in [0.25, 0.3) is 0 Å². The molecule has 0 aliphatic rings. The largest absolute Gasteiger partial charge is 1.00 e. The van der Waals surface area contributed by atoms with Gasteiger partial charge in [0.2, 0.25) is 0 Å². The normalized spacial score (nSPS) is 9.78. The van der Waals surface area contributed by atoms with E-state index in [1.807, 2.05) is 68.4 Å². The molecule has 0 amide bonds. The molecule has 0 saturated heterocycles. The number of halogens is 1. The smallest absolute Gasteiger partial charge is 0.870 e. The molecule has 114 heavy (non-hydrogen) atoms. The van der Waals surface area contributed by atoms with Gasteiger partial charge in [-0.25, -0.2) is 28.8 Å². The molecule has 0 fully saturated rings. The molecule has 0 aliphatic carbocycles. The van der Waals surface area contributed by atoms with Crippen LogP contribution in [0, 0.1) is 34.6 Å². The van der Waals surface area contributed by atoms with E-state index in [1.54, 1.807) is 178 Å². The number of hydrogen-bond acceptors (Lipinski definition) is 22. The van der Waals surface area contributed by atoms with E-state index in [9.17, 15) is 44.1 Å². The summed E-state index contributed by atoms with van der Waals surface area (Å²) >= 11 is 3.31. The number of carboxylic acids is 1. The van der Waals surface area contributed by atoms with E-state index >= 15 is 0 Å². The summed E-state index contributed by atoms with van der Waals surface area (Å²) < 4.78 is 52.1. The van der Waals surface area contributed by atoms with Crippen LogP contribution in [0.15, 0.2) is 237 Å². The van der Waals surface area contributed by atoms with Gasteiger partial charge in [-0.3, -0.25) is 0 Å². The fraction of sp³-hybridized carbons (Fsp3) is 0.182. The average Bonchev–Trinajstić information content (AvgIpc) is 0.861. The summed E-state index contributed by atoms with van der Waals surface area (Å²) in [4.78, 5) is 68.1. The number of methoxy groups -OCH3 is 5. The van der Waals surface area contributed by atoms with E-state index in [1.165, 1.54) is 59.8 Å². The van der Waals surface area contributed by atoms with Crippen molar-refractivity contribution in [3.8, 4) is 57.5 Å². The van der Waals surface area contributed by atoms with Gasteiger partial charge >= 0.3 is 54.7 Å². The first-order chi connectivity index (χ1) is 53.2. The molecule has 9 N–H and O–H groups in total. The number of carboxylic acid groups (broad SMARTS) is 1. The second-order valence-corrected chi connectivity index (χ2v) is 24.8. The van der Waals surface area contributed by atoms with E-state index in [0.717, 1.165) is 66.7 Å². The van der Waals surface area contributed by atoms with Crippen LogP contribution in [0.3, 0.4) is 0 Å². The number of benzene rings is 11. The molecule has 24 nitrogen and oxygen atoms in total. The topological polar surface area (TPSA) is 378 Å². The number of aryl methyl sites for hydroxylation is 5. The fourth-order valence-corrected chi connectivity index (χ4v) is 10.2. The molecule has 0 radical (unpaired) electrons. The van der Waals surface area contributed by atoms with Crippen LogP contribution in [-0.2, 0) is 62.0 Å². The molecule has 11 aromatic carbocycles. The molecule has 11 aromatic rings. The fourth-order valence-electron chi connectivity index (χ4n) is 9.88. The van der Waals surface area contributed by atoms with Gasteiger partial charge in [-0.15, -0.1) is 0 Å². The SMILES string of the molecule is COC(=O)c1cccc(CBr)c1.COC(=O)c1cccc(COc2ccc(O)c(C)c2)c1.COC(=O)c1cccc(COc2ccc(O)cc2C)c1.COC(=O)c1cccc(COc2ccc(OCc3cccc(C(=O)OC)c3)c(C)c2)c1.Cc1cc(O)ccc1O.Cc1cc(OCc2cccc(C(=O)O)c2)ccc1O.O.[Li+].[OH-]. The summed E-state index contributed by atoms with van der Waals surface area (Å²) in [7, 11) is 6.79. The second kappa shape index (κ2) is 49.5. The van der Waals surface area contributed by atoms with Gasteiger partial charge in [0.15, 0.2) is 0 Å². The number of rotatable bonds is 22. The van der Waals surface area contributed by atoms with Gasteiger partial charge in [0, 0.05) is 5.33 Å².